The van der Waals surface area contributed by atoms with Gasteiger partial charge in [0, 0.05) is 0 Å². The Morgan fingerprint density at radius 1 is 1.29 bits per heavy atom. The molecule has 5 heteroatoms. The van der Waals surface area contributed by atoms with E-state index in [2.05, 4.69) is 16.6 Å². The molecule has 0 fully saturated rings. The molecule has 0 amide bonds. The van der Waals surface area contributed by atoms with Crippen LogP contribution in [0.2, 0.25) is 0 Å². The maximum Gasteiger partial charge on any atom is 0.573 e. The van der Waals surface area contributed by atoms with Crippen molar-refractivity contribution in [2.24, 2.45) is 0 Å². The molecule has 1 aromatic rings. The third-order valence-corrected chi connectivity index (χ3v) is 1.40. The van der Waals surface area contributed by atoms with Crippen molar-refractivity contribution >= 4 is 0 Å². The van der Waals surface area contributed by atoms with Crippen LogP contribution >= 0.6 is 0 Å². The highest BCUT2D eigenvalue weighted by atomic mass is 19.4. The minimum absolute atomic E-state index is 0.148. The summed E-state index contributed by atoms with van der Waals surface area (Å²) in [6.07, 6.45) is -4.66. The lowest BCUT2D eigenvalue weighted by molar-refractivity contribution is -0.274. The zero-order valence-electron chi connectivity index (χ0n) is 7.17. The average Bonchev–Trinajstić information content (AvgIpc) is 2.02. The van der Waals surface area contributed by atoms with Gasteiger partial charge in [-0.15, -0.1) is 13.2 Å². The van der Waals surface area contributed by atoms with Crippen LogP contribution in [0.15, 0.2) is 24.3 Å². The molecular weight excluding hydrogens is 197 g/mol. The molecule has 0 aliphatic heterocycles. The summed E-state index contributed by atoms with van der Waals surface area (Å²) in [6.45, 7) is 0.148. The summed E-state index contributed by atoms with van der Waals surface area (Å²) >= 11 is 0. The lowest BCUT2D eigenvalue weighted by Gasteiger charge is -2.09. The molecule has 77 valence electrons. The molecule has 0 saturated carbocycles. The third kappa shape index (κ3) is 3.66. The van der Waals surface area contributed by atoms with Crippen LogP contribution in [0, 0.1) is 7.11 Å². The number of rotatable bonds is 3. The van der Waals surface area contributed by atoms with Gasteiger partial charge in [0.2, 0.25) is 0 Å². The molecule has 2 nitrogen and oxygen atoms in total. The largest absolute Gasteiger partial charge is 0.573 e. The number of halogens is 3. The zero-order valence-corrected chi connectivity index (χ0v) is 7.17. The highest BCUT2D eigenvalue weighted by Gasteiger charge is 2.30. The van der Waals surface area contributed by atoms with Crippen LogP contribution in [0.25, 0.3) is 0 Å². The molecule has 14 heavy (non-hydrogen) atoms. The van der Waals surface area contributed by atoms with Gasteiger partial charge in [0.1, 0.15) is 5.75 Å². The standard InChI is InChI=1S/C9H8F3O2/c1-13-6-7-3-2-4-8(5-7)14-9(10,11)12/h2-5H,1,6H2. The van der Waals surface area contributed by atoms with Crippen molar-refractivity contribution < 1.29 is 22.6 Å². The highest BCUT2D eigenvalue weighted by Crippen LogP contribution is 2.23. The summed E-state index contributed by atoms with van der Waals surface area (Å²) in [5.74, 6) is -0.257. The van der Waals surface area contributed by atoms with Gasteiger partial charge in [0.15, 0.2) is 0 Å². The average molecular weight is 205 g/mol. The van der Waals surface area contributed by atoms with Crippen LogP contribution < -0.4 is 4.74 Å². The van der Waals surface area contributed by atoms with Gasteiger partial charge in [-0.3, -0.25) is 0 Å². The highest BCUT2D eigenvalue weighted by molar-refractivity contribution is 5.28. The normalized spacial score (nSPS) is 11.4. The molecule has 1 radical (unpaired) electrons. The predicted molar refractivity (Wildman–Crippen MR) is 43.3 cm³/mol. The Kier molecular flexibility index (Phi) is 3.35. The summed E-state index contributed by atoms with van der Waals surface area (Å²) in [7, 11) is 3.12. The Balaban J connectivity index is 2.73. The quantitative estimate of drug-likeness (QED) is 0.755. The molecule has 0 spiro atoms. The molecule has 0 atom stereocenters. The van der Waals surface area contributed by atoms with Gasteiger partial charge in [-0.1, -0.05) is 12.1 Å². The second-order valence-corrected chi connectivity index (χ2v) is 2.54. The summed E-state index contributed by atoms with van der Waals surface area (Å²) in [5.41, 5.74) is 0.571. The minimum atomic E-state index is -4.66. The van der Waals surface area contributed by atoms with Gasteiger partial charge in [0.25, 0.3) is 0 Å². The van der Waals surface area contributed by atoms with Crippen molar-refractivity contribution in [2.75, 3.05) is 0 Å². The third-order valence-electron chi connectivity index (χ3n) is 1.40. The molecule has 0 saturated heterocycles. The van der Waals surface area contributed by atoms with Crippen molar-refractivity contribution in [3.05, 3.63) is 36.9 Å². The van der Waals surface area contributed by atoms with Crippen molar-refractivity contribution in [2.45, 2.75) is 13.0 Å². The SMILES string of the molecule is [CH2]OCc1cccc(OC(F)(F)F)c1. The van der Waals surface area contributed by atoms with Crippen LogP contribution in [0.4, 0.5) is 13.2 Å². The van der Waals surface area contributed by atoms with Crippen LogP contribution in [0.3, 0.4) is 0 Å². The first-order chi connectivity index (χ1) is 6.51. The lowest BCUT2D eigenvalue weighted by Crippen LogP contribution is -2.17. The maximum absolute atomic E-state index is 11.8. The van der Waals surface area contributed by atoms with Crippen molar-refractivity contribution in [1.82, 2.24) is 0 Å². The summed E-state index contributed by atoms with van der Waals surface area (Å²) in [5, 5.41) is 0. The Labute approximate surface area is 79.2 Å². The number of ether oxygens (including phenoxy) is 2. The van der Waals surface area contributed by atoms with Gasteiger partial charge in [0.05, 0.1) is 13.7 Å². The molecular formula is C9H8F3O2. The first-order valence-electron chi connectivity index (χ1n) is 3.73. The molecule has 0 aromatic heterocycles. The van der Waals surface area contributed by atoms with E-state index in [1.807, 2.05) is 0 Å². The van der Waals surface area contributed by atoms with Gasteiger partial charge >= 0.3 is 6.36 Å². The molecule has 0 N–H and O–H groups in total. The first-order valence-corrected chi connectivity index (χ1v) is 3.73. The fraction of sp³-hybridized carbons (Fsp3) is 0.222. The Morgan fingerprint density at radius 2 is 2.00 bits per heavy atom. The second kappa shape index (κ2) is 4.32. The maximum atomic E-state index is 11.8. The summed E-state index contributed by atoms with van der Waals surface area (Å²) in [4.78, 5) is 0. The van der Waals surface area contributed by atoms with E-state index in [-0.39, 0.29) is 12.4 Å². The number of alkyl halides is 3. The number of hydrogen-bond acceptors (Lipinski definition) is 2. The smallest absolute Gasteiger partial charge is 0.406 e. The molecule has 0 bridgehead atoms. The van der Waals surface area contributed by atoms with Crippen molar-refractivity contribution in [1.29, 1.82) is 0 Å². The Hall–Kier alpha value is -1.23. The fourth-order valence-corrected chi connectivity index (χ4v) is 0.950. The van der Waals surface area contributed by atoms with E-state index in [4.69, 9.17) is 0 Å². The molecule has 0 heterocycles. The van der Waals surface area contributed by atoms with E-state index in [0.717, 1.165) is 0 Å². The molecule has 1 aromatic carbocycles. The first kappa shape index (κ1) is 10.8. The fourth-order valence-electron chi connectivity index (χ4n) is 0.950. The molecule has 0 aliphatic carbocycles. The van der Waals surface area contributed by atoms with Gasteiger partial charge in [-0.25, -0.2) is 0 Å². The van der Waals surface area contributed by atoms with Crippen LogP contribution in [-0.2, 0) is 11.3 Å². The monoisotopic (exact) mass is 205 g/mol. The van der Waals surface area contributed by atoms with E-state index in [9.17, 15) is 13.2 Å². The van der Waals surface area contributed by atoms with E-state index in [0.29, 0.717) is 5.56 Å². The Bertz CT molecular complexity index is 296. The Morgan fingerprint density at radius 3 is 2.57 bits per heavy atom. The lowest BCUT2D eigenvalue weighted by atomic mass is 10.2. The molecule has 0 unspecified atom stereocenters. The zero-order chi connectivity index (χ0) is 10.6. The summed E-state index contributed by atoms with van der Waals surface area (Å²) < 4.78 is 43.6. The van der Waals surface area contributed by atoms with E-state index >= 15 is 0 Å². The van der Waals surface area contributed by atoms with Crippen molar-refractivity contribution in [3.8, 4) is 5.75 Å². The van der Waals surface area contributed by atoms with E-state index < -0.39 is 6.36 Å². The molecule has 1 rings (SSSR count). The van der Waals surface area contributed by atoms with Gasteiger partial charge in [-0.05, 0) is 17.7 Å². The second-order valence-electron chi connectivity index (χ2n) is 2.54. The van der Waals surface area contributed by atoms with Gasteiger partial charge < -0.3 is 9.47 Å². The topological polar surface area (TPSA) is 18.5 Å². The van der Waals surface area contributed by atoms with Gasteiger partial charge in [-0.2, -0.15) is 0 Å². The van der Waals surface area contributed by atoms with Crippen molar-refractivity contribution in [3.63, 3.8) is 0 Å². The van der Waals surface area contributed by atoms with Crippen LogP contribution in [-0.4, -0.2) is 6.36 Å². The number of benzene rings is 1. The van der Waals surface area contributed by atoms with Crippen LogP contribution in [0.5, 0.6) is 5.75 Å². The van der Waals surface area contributed by atoms with E-state index in [1.165, 1.54) is 18.2 Å². The van der Waals surface area contributed by atoms with E-state index in [1.54, 1.807) is 6.07 Å². The summed E-state index contributed by atoms with van der Waals surface area (Å²) in [6, 6.07) is 5.54. The van der Waals surface area contributed by atoms with Crippen LogP contribution in [0.1, 0.15) is 5.56 Å². The minimum Gasteiger partial charge on any atom is -0.406 e. The number of hydrogen-bond donors (Lipinski definition) is 0. The predicted octanol–water partition coefficient (Wildman–Crippen LogP) is 2.89. The molecule has 0 aliphatic rings.